The molecule has 1 aromatic carbocycles. The fourth-order valence-electron chi connectivity index (χ4n) is 1.77. The summed E-state index contributed by atoms with van der Waals surface area (Å²) >= 11 is 0. The summed E-state index contributed by atoms with van der Waals surface area (Å²) in [6, 6.07) is 7.28. The lowest BCUT2D eigenvalue weighted by Crippen LogP contribution is -2.40. The minimum Gasteiger partial charge on any atom is -0.359 e. The second-order valence-electron chi connectivity index (χ2n) is 3.60. The molecule has 0 spiro atoms. The molecule has 1 amide bonds. The maximum absolute atomic E-state index is 11.4. The molecular weight excluding hydrogens is 204 g/mol. The molecule has 0 saturated carbocycles. The molecule has 0 aromatic heterocycles. The molecule has 5 nitrogen and oxygen atoms in total. The number of rotatable bonds is 2. The maximum atomic E-state index is 11.4. The Morgan fingerprint density at radius 2 is 2.38 bits per heavy atom. The lowest BCUT2D eigenvalue weighted by Gasteiger charge is -2.30. The van der Waals surface area contributed by atoms with Gasteiger partial charge in [0.15, 0.2) is 0 Å². The number of nitriles is 1. The van der Waals surface area contributed by atoms with Crippen LogP contribution in [0.3, 0.4) is 0 Å². The third-order valence-corrected chi connectivity index (χ3v) is 2.48. The van der Waals surface area contributed by atoms with Crippen LogP contribution in [0, 0.1) is 11.3 Å². The summed E-state index contributed by atoms with van der Waals surface area (Å²) in [7, 11) is 0. The molecule has 0 bridgehead atoms. The number of nitrogens with one attached hydrogen (secondary N) is 1. The molecule has 1 aliphatic heterocycles. The van der Waals surface area contributed by atoms with Gasteiger partial charge in [-0.15, -0.1) is 0 Å². The van der Waals surface area contributed by atoms with E-state index in [4.69, 9.17) is 11.0 Å². The zero-order valence-corrected chi connectivity index (χ0v) is 8.73. The van der Waals surface area contributed by atoms with Crippen LogP contribution in [0.5, 0.6) is 0 Å². The standard InChI is InChI=1S/C11H12N4O/c12-3-4-15-7-11(16)14-9-2-1-8(6-13)5-10(9)15/h1-2,5H,3-4,7,12H2,(H,14,16). The third-order valence-electron chi connectivity index (χ3n) is 2.48. The van der Waals surface area contributed by atoms with Crippen molar-refractivity contribution in [1.82, 2.24) is 0 Å². The second-order valence-corrected chi connectivity index (χ2v) is 3.60. The molecule has 1 aliphatic rings. The molecule has 0 saturated heterocycles. The summed E-state index contributed by atoms with van der Waals surface area (Å²) in [5.41, 5.74) is 7.68. The van der Waals surface area contributed by atoms with Crippen LogP contribution in [-0.4, -0.2) is 25.5 Å². The Hall–Kier alpha value is -2.06. The van der Waals surface area contributed by atoms with Gasteiger partial charge in [-0.25, -0.2) is 0 Å². The monoisotopic (exact) mass is 216 g/mol. The molecule has 2 rings (SSSR count). The van der Waals surface area contributed by atoms with Gasteiger partial charge in [-0.1, -0.05) is 0 Å². The SMILES string of the molecule is N#Cc1ccc2c(c1)N(CCN)CC(=O)N2. The zero-order chi connectivity index (χ0) is 11.5. The van der Waals surface area contributed by atoms with Gasteiger partial charge in [0.25, 0.3) is 0 Å². The van der Waals surface area contributed by atoms with Crippen LogP contribution in [0.1, 0.15) is 5.56 Å². The van der Waals surface area contributed by atoms with Gasteiger partial charge in [0.2, 0.25) is 5.91 Å². The third kappa shape index (κ3) is 1.83. The number of anilines is 2. The van der Waals surface area contributed by atoms with Crippen LogP contribution in [0.15, 0.2) is 18.2 Å². The Kier molecular flexibility index (Phi) is 2.75. The quantitative estimate of drug-likeness (QED) is 0.743. The number of amides is 1. The zero-order valence-electron chi connectivity index (χ0n) is 8.73. The Balaban J connectivity index is 2.41. The van der Waals surface area contributed by atoms with Crippen molar-refractivity contribution in [1.29, 1.82) is 5.26 Å². The van der Waals surface area contributed by atoms with Crippen molar-refractivity contribution in [2.45, 2.75) is 0 Å². The summed E-state index contributed by atoms with van der Waals surface area (Å²) in [6.45, 7) is 1.37. The van der Waals surface area contributed by atoms with Gasteiger partial charge in [0.1, 0.15) is 0 Å². The molecule has 0 aliphatic carbocycles. The van der Waals surface area contributed by atoms with Crippen molar-refractivity contribution in [3.63, 3.8) is 0 Å². The molecule has 3 N–H and O–H groups in total. The van der Waals surface area contributed by atoms with E-state index in [-0.39, 0.29) is 5.91 Å². The van der Waals surface area contributed by atoms with E-state index in [2.05, 4.69) is 11.4 Å². The summed E-state index contributed by atoms with van der Waals surface area (Å²) in [6.07, 6.45) is 0. The predicted molar refractivity (Wildman–Crippen MR) is 61.1 cm³/mol. The second kappa shape index (κ2) is 4.21. The molecule has 1 aromatic rings. The van der Waals surface area contributed by atoms with E-state index in [9.17, 15) is 4.79 Å². The first kappa shape index (κ1) is 10.5. The molecular formula is C11H12N4O. The average molecular weight is 216 g/mol. The molecule has 0 radical (unpaired) electrons. The van der Waals surface area contributed by atoms with E-state index in [1.54, 1.807) is 18.2 Å². The van der Waals surface area contributed by atoms with Crippen LogP contribution >= 0.6 is 0 Å². The van der Waals surface area contributed by atoms with Crippen molar-refractivity contribution in [3.8, 4) is 6.07 Å². The van der Waals surface area contributed by atoms with Gasteiger partial charge < -0.3 is 16.0 Å². The van der Waals surface area contributed by atoms with E-state index in [0.717, 1.165) is 11.4 Å². The van der Waals surface area contributed by atoms with E-state index in [0.29, 0.717) is 25.2 Å². The fourth-order valence-corrected chi connectivity index (χ4v) is 1.77. The highest BCUT2D eigenvalue weighted by Gasteiger charge is 2.21. The summed E-state index contributed by atoms with van der Waals surface area (Å²) in [4.78, 5) is 13.3. The molecule has 5 heteroatoms. The molecule has 0 unspecified atom stereocenters. The molecule has 82 valence electrons. The summed E-state index contributed by atoms with van der Waals surface area (Å²) in [5, 5.41) is 11.6. The average Bonchev–Trinajstić information content (AvgIpc) is 2.29. The Morgan fingerprint density at radius 1 is 1.56 bits per heavy atom. The Morgan fingerprint density at radius 3 is 3.06 bits per heavy atom. The van der Waals surface area contributed by atoms with Crippen molar-refractivity contribution < 1.29 is 4.79 Å². The first-order valence-electron chi connectivity index (χ1n) is 5.03. The van der Waals surface area contributed by atoms with Gasteiger partial charge >= 0.3 is 0 Å². The smallest absolute Gasteiger partial charge is 0.243 e. The van der Waals surface area contributed by atoms with E-state index in [1.165, 1.54) is 0 Å². The summed E-state index contributed by atoms with van der Waals surface area (Å²) in [5.74, 6) is -0.0503. The van der Waals surface area contributed by atoms with Gasteiger partial charge in [0.05, 0.1) is 29.6 Å². The topological polar surface area (TPSA) is 82.2 Å². The van der Waals surface area contributed by atoms with E-state index >= 15 is 0 Å². The Labute approximate surface area is 93.5 Å². The number of carbonyl (C=O) groups is 1. The first-order chi connectivity index (χ1) is 7.74. The van der Waals surface area contributed by atoms with Crippen molar-refractivity contribution >= 4 is 17.3 Å². The number of fused-ring (bicyclic) bond motifs is 1. The summed E-state index contributed by atoms with van der Waals surface area (Å²) < 4.78 is 0. The molecule has 0 atom stereocenters. The fraction of sp³-hybridized carbons (Fsp3) is 0.273. The van der Waals surface area contributed by atoms with E-state index < -0.39 is 0 Å². The number of nitrogens with zero attached hydrogens (tertiary/aromatic N) is 2. The first-order valence-corrected chi connectivity index (χ1v) is 5.03. The number of carbonyl (C=O) groups excluding carboxylic acids is 1. The number of nitrogens with two attached hydrogens (primary N) is 1. The van der Waals surface area contributed by atoms with Gasteiger partial charge in [-0.2, -0.15) is 5.26 Å². The maximum Gasteiger partial charge on any atom is 0.243 e. The van der Waals surface area contributed by atoms with E-state index in [1.807, 2.05) is 4.90 Å². The lowest BCUT2D eigenvalue weighted by molar-refractivity contribution is -0.115. The van der Waals surface area contributed by atoms with Gasteiger partial charge in [-0.05, 0) is 18.2 Å². The lowest BCUT2D eigenvalue weighted by atomic mass is 10.1. The van der Waals surface area contributed by atoms with Gasteiger partial charge in [0, 0.05) is 13.1 Å². The largest absolute Gasteiger partial charge is 0.359 e. The van der Waals surface area contributed by atoms with Crippen LogP contribution < -0.4 is 16.0 Å². The number of hydrogen-bond donors (Lipinski definition) is 2. The van der Waals surface area contributed by atoms with Crippen molar-refractivity contribution in [3.05, 3.63) is 23.8 Å². The minimum atomic E-state index is -0.0503. The highest BCUT2D eigenvalue weighted by molar-refractivity contribution is 6.01. The van der Waals surface area contributed by atoms with Crippen molar-refractivity contribution in [2.24, 2.45) is 5.73 Å². The molecule has 0 fully saturated rings. The van der Waals surface area contributed by atoms with Gasteiger partial charge in [-0.3, -0.25) is 4.79 Å². The van der Waals surface area contributed by atoms with Crippen LogP contribution in [0.4, 0.5) is 11.4 Å². The van der Waals surface area contributed by atoms with Crippen LogP contribution in [0.2, 0.25) is 0 Å². The number of benzene rings is 1. The normalized spacial score (nSPS) is 14.0. The molecule has 1 heterocycles. The highest BCUT2D eigenvalue weighted by Crippen LogP contribution is 2.29. The number of hydrogen-bond acceptors (Lipinski definition) is 4. The minimum absolute atomic E-state index is 0.0503. The van der Waals surface area contributed by atoms with Crippen LogP contribution in [0.25, 0.3) is 0 Å². The molecule has 16 heavy (non-hydrogen) atoms. The van der Waals surface area contributed by atoms with Crippen molar-refractivity contribution in [2.75, 3.05) is 29.9 Å². The highest BCUT2D eigenvalue weighted by atomic mass is 16.2. The predicted octanol–water partition coefficient (Wildman–Crippen LogP) is 0.275. The van der Waals surface area contributed by atoms with Crippen LogP contribution in [-0.2, 0) is 4.79 Å². The Bertz CT molecular complexity index is 464.